The third-order valence-electron chi connectivity index (χ3n) is 2.73. The minimum absolute atomic E-state index is 0.0888. The fourth-order valence-electron chi connectivity index (χ4n) is 1.88. The topological polar surface area (TPSA) is 72.1 Å². The lowest BCUT2D eigenvalue weighted by Gasteiger charge is -2.17. The van der Waals surface area contributed by atoms with Crippen molar-refractivity contribution in [1.29, 1.82) is 0 Å². The van der Waals surface area contributed by atoms with Gasteiger partial charge in [-0.25, -0.2) is 9.97 Å². The van der Waals surface area contributed by atoms with Crippen LogP contribution in [-0.2, 0) is 4.79 Å². The second-order valence-corrected chi connectivity index (χ2v) is 4.31. The average Bonchev–Trinajstić information content (AvgIpc) is 2.64. The Kier molecular flexibility index (Phi) is 2.96. The number of rotatable bonds is 2. The minimum Gasteiger partial charge on any atom is -0.369 e. The van der Waals surface area contributed by atoms with Crippen LogP contribution in [0.1, 0.15) is 12.1 Å². The summed E-state index contributed by atoms with van der Waals surface area (Å²) in [6, 6.07) is 1.86. The highest BCUT2D eigenvalue weighted by Gasteiger charge is 2.27. The van der Waals surface area contributed by atoms with Gasteiger partial charge in [0.2, 0.25) is 11.2 Å². The molecule has 1 saturated heterocycles. The molecular formula is C10H13ClN4O. The molecule has 16 heavy (non-hydrogen) atoms. The van der Waals surface area contributed by atoms with E-state index in [9.17, 15) is 4.79 Å². The van der Waals surface area contributed by atoms with Gasteiger partial charge in [0.05, 0.1) is 5.92 Å². The fraction of sp³-hybridized carbons (Fsp3) is 0.500. The van der Waals surface area contributed by atoms with Crippen LogP contribution in [0.15, 0.2) is 6.07 Å². The molecule has 1 amide bonds. The lowest BCUT2D eigenvalue weighted by molar-refractivity contribution is -0.121. The number of aryl methyl sites for hydroxylation is 1. The highest BCUT2D eigenvalue weighted by molar-refractivity contribution is 6.28. The second-order valence-electron chi connectivity index (χ2n) is 3.97. The minimum atomic E-state index is -0.251. The molecule has 0 radical (unpaired) electrons. The van der Waals surface area contributed by atoms with Crippen LogP contribution in [0.3, 0.4) is 0 Å². The Morgan fingerprint density at radius 2 is 2.38 bits per heavy atom. The molecule has 86 valence electrons. The summed E-state index contributed by atoms with van der Waals surface area (Å²) in [5.41, 5.74) is 6.09. The van der Waals surface area contributed by atoms with Crippen LogP contribution in [0.2, 0.25) is 5.28 Å². The predicted octanol–water partition coefficient (Wildman–Crippen LogP) is 0.750. The van der Waals surface area contributed by atoms with Gasteiger partial charge in [-0.2, -0.15) is 0 Å². The zero-order chi connectivity index (χ0) is 11.7. The molecule has 0 aromatic carbocycles. The maximum absolute atomic E-state index is 11.0. The smallest absolute Gasteiger partial charge is 0.224 e. The molecular weight excluding hydrogens is 228 g/mol. The molecule has 1 aliphatic rings. The van der Waals surface area contributed by atoms with Gasteiger partial charge >= 0.3 is 0 Å². The van der Waals surface area contributed by atoms with Crippen molar-refractivity contribution in [1.82, 2.24) is 9.97 Å². The van der Waals surface area contributed by atoms with E-state index in [0.29, 0.717) is 6.54 Å². The highest BCUT2D eigenvalue weighted by Crippen LogP contribution is 2.23. The van der Waals surface area contributed by atoms with E-state index in [2.05, 4.69) is 9.97 Å². The zero-order valence-corrected chi connectivity index (χ0v) is 9.74. The van der Waals surface area contributed by atoms with Gasteiger partial charge in [-0.15, -0.1) is 0 Å². The maximum Gasteiger partial charge on any atom is 0.224 e. The second kappa shape index (κ2) is 4.25. The Balaban J connectivity index is 2.17. The first kappa shape index (κ1) is 11.1. The Labute approximate surface area is 98.6 Å². The lowest BCUT2D eigenvalue weighted by atomic mass is 10.1. The lowest BCUT2D eigenvalue weighted by Crippen LogP contribution is -2.27. The van der Waals surface area contributed by atoms with Crippen LogP contribution >= 0.6 is 11.6 Å². The fourth-order valence-corrected chi connectivity index (χ4v) is 2.10. The van der Waals surface area contributed by atoms with Gasteiger partial charge in [-0.3, -0.25) is 4.79 Å². The molecule has 2 N–H and O–H groups in total. The normalized spacial score (nSPS) is 20.1. The van der Waals surface area contributed by atoms with Gasteiger partial charge in [0.25, 0.3) is 0 Å². The average molecular weight is 241 g/mol. The highest BCUT2D eigenvalue weighted by atomic mass is 35.5. The van der Waals surface area contributed by atoms with Crippen LogP contribution in [-0.4, -0.2) is 29.0 Å². The Morgan fingerprint density at radius 3 is 2.94 bits per heavy atom. The van der Waals surface area contributed by atoms with E-state index < -0.39 is 0 Å². The number of halogens is 1. The van der Waals surface area contributed by atoms with E-state index in [1.807, 2.05) is 17.9 Å². The number of primary amides is 1. The summed E-state index contributed by atoms with van der Waals surface area (Å²) in [7, 11) is 0. The van der Waals surface area contributed by atoms with Gasteiger partial charge in [0.15, 0.2) is 0 Å². The van der Waals surface area contributed by atoms with Crippen LogP contribution in [0.5, 0.6) is 0 Å². The molecule has 0 saturated carbocycles. The number of carbonyl (C=O) groups is 1. The third-order valence-corrected chi connectivity index (χ3v) is 2.90. The number of amides is 1. The first-order chi connectivity index (χ1) is 7.56. The summed E-state index contributed by atoms with van der Waals surface area (Å²) in [6.45, 7) is 3.25. The predicted molar refractivity (Wildman–Crippen MR) is 61.3 cm³/mol. The number of nitrogens with two attached hydrogens (primary N) is 1. The molecule has 0 bridgehead atoms. The summed E-state index contributed by atoms with van der Waals surface area (Å²) in [5, 5.41) is 0.234. The Hall–Kier alpha value is -1.36. The Bertz CT molecular complexity index is 403. The molecule has 1 aliphatic heterocycles. The zero-order valence-electron chi connectivity index (χ0n) is 8.98. The van der Waals surface area contributed by atoms with Crippen LogP contribution < -0.4 is 10.6 Å². The SMILES string of the molecule is Cc1cc(N2CCC(C(N)=O)C2)nc(Cl)n1. The summed E-state index contributed by atoms with van der Waals surface area (Å²) in [5.74, 6) is 0.426. The molecule has 5 nitrogen and oxygen atoms in total. The van der Waals surface area contributed by atoms with Crippen molar-refractivity contribution in [3.05, 3.63) is 17.0 Å². The van der Waals surface area contributed by atoms with E-state index in [1.54, 1.807) is 0 Å². The van der Waals surface area contributed by atoms with Crippen LogP contribution in [0.4, 0.5) is 5.82 Å². The standard InChI is InChI=1S/C10H13ClN4O/c1-6-4-8(14-10(11)13-6)15-3-2-7(5-15)9(12)16/h4,7H,2-3,5H2,1H3,(H2,12,16). The molecule has 0 aliphatic carbocycles. The van der Waals surface area contributed by atoms with Gasteiger partial charge in [-0.1, -0.05) is 0 Å². The monoisotopic (exact) mass is 240 g/mol. The van der Waals surface area contributed by atoms with Gasteiger partial charge in [0, 0.05) is 24.8 Å². The van der Waals surface area contributed by atoms with Gasteiger partial charge in [-0.05, 0) is 24.9 Å². The first-order valence-electron chi connectivity index (χ1n) is 5.11. The number of carbonyl (C=O) groups excluding carboxylic acids is 1. The van der Waals surface area contributed by atoms with Crippen molar-refractivity contribution in [3.63, 3.8) is 0 Å². The van der Waals surface area contributed by atoms with Gasteiger partial charge in [0.1, 0.15) is 5.82 Å². The molecule has 1 aromatic rings. The molecule has 2 heterocycles. The van der Waals surface area contributed by atoms with Crippen LogP contribution in [0, 0.1) is 12.8 Å². The summed E-state index contributed by atoms with van der Waals surface area (Å²) in [6.07, 6.45) is 0.774. The molecule has 1 fully saturated rings. The van der Waals surface area contributed by atoms with E-state index in [-0.39, 0.29) is 17.1 Å². The van der Waals surface area contributed by atoms with Crippen molar-refractivity contribution in [2.24, 2.45) is 11.7 Å². The van der Waals surface area contributed by atoms with E-state index in [1.165, 1.54) is 0 Å². The van der Waals surface area contributed by atoms with Crippen LogP contribution in [0.25, 0.3) is 0 Å². The molecule has 6 heteroatoms. The number of hydrogen-bond acceptors (Lipinski definition) is 4. The summed E-state index contributed by atoms with van der Waals surface area (Å²) < 4.78 is 0. The number of aromatic nitrogens is 2. The molecule has 1 aromatic heterocycles. The maximum atomic E-state index is 11.0. The molecule has 0 spiro atoms. The quantitative estimate of drug-likeness (QED) is 0.775. The van der Waals surface area contributed by atoms with Crippen molar-refractivity contribution >= 4 is 23.3 Å². The van der Waals surface area contributed by atoms with E-state index in [0.717, 1.165) is 24.5 Å². The number of anilines is 1. The van der Waals surface area contributed by atoms with Crippen molar-refractivity contribution in [2.75, 3.05) is 18.0 Å². The summed E-state index contributed by atoms with van der Waals surface area (Å²) in [4.78, 5) is 21.2. The largest absolute Gasteiger partial charge is 0.369 e. The van der Waals surface area contributed by atoms with Gasteiger partial charge < -0.3 is 10.6 Å². The first-order valence-corrected chi connectivity index (χ1v) is 5.49. The molecule has 1 atom stereocenters. The van der Waals surface area contributed by atoms with Crippen molar-refractivity contribution in [2.45, 2.75) is 13.3 Å². The summed E-state index contributed by atoms with van der Waals surface area (Å²) >= 11 is 5.79. The third kappa shape index (κ3) is 2.24. The van der Waals surface area contributed by atoms with E-state index in [4.69, 9.17) is 17.3 Å². The number of nitrogens with zero attached hydrogens (tertiary/aromatic N) is 3. The molecule has 2 rings (SSSR count). The Morgan fingerprint density at radius 1 is 1.62 bits per heavy atom. The van der Waals surface area contributed by atoms with E-state index >= 15 is 0 Å². The number of hydrogen-bond donors (Lipinski definition) is 1. The van der Waals surface area contributed by atoms with Crippen molar-refractivity contribution < 1.29 is 4.79 Å². The van der Waals surface area contributed by atoms with Crippen molar-refractivity contribution in [3.8, 4) is 0 Å². The molecule has 1 unspecified atom stereocenters.